The van der Waals surface area contributed by atoms with Gasteiger partial charge in [-0.05, 0) is 90.9 Å². The highest BCUT2D eigenvalue weighted by Crippen LogP contribution is 2.38. The molecule has 61 heavy (non-hydrogen) atoms. The number of aliphatic carboxylic acids is 1. The number of aliphatic hydroxyl groups is 1. The summed E-state index contributed by atoms with van der Waals surface area (Å²) in [6, 6.07) is 24.4. The summed E-state index contributed by atoms with van der Waals surface area (Å²) in [7, 11) is 0. The van der Waals surface area contributed by atoms with E-state index in [0.717, 1.165) is 44.5 Å². The fourth-order valence-corrected chi connectivity index (χ4v) is 7.13. The number of hydrogen-bond donors (Lipinski definition) is 3. The van der Waals surface area contributed by atoms with Crippen molar-refractivity contribution in [1.29, 1.82) is 5.26 Å². The Morgan fingerprint density at radius 2 is 1.20 bits per heavy atom. The van der Waals surface area contributed by atoms with E-state index in [1.165, 1.54) is 13.1 Å². The number of hydrogen-bond acceptors (Lipinski definition) is 10. The third-order valence-corrected chi connectivity index (χ3v) is 11.0. The molecule has 0 fully saturated rings. The summed E-state index contributed by atoms with van der Waals surface area (Å²) < 4.78 is 24.8. The second kappa shape index (κ2) is 20.1. The van der Waals surface area contributed by atoms with Crippen LogP contribution in [0.4, 0.5) is 0 Å². The first-order chi connectivity index (χ1) is 29.3. The van der Waals surface area contributed by atoms with Gasteiger partial charge in [0.15, 0.2) is 0 Å². The summed E-state index contributed by atoms with van der Waals surface area (Å²) in [5.74, 6) is 0.398. The molecule has 1 unspecified atom stereocenters. The van der Waals surface area contributed by atoms with Crippen molar-refractivity contribution in [3.8, 4) is 40.2 Å². The molecule has 0 spiro atoms. The maximum absolute atomic E-state index is 11.9. The van der Waals surface area contributed by atoms with Crippen molar-refractivity contribution in [2.45, 2.75) is 66.2 Å². The van der Waals surface area contributed by atoms with Crippen molar-refractivity contribution in [2.24, 2.45) is 0 Å². The summed E-state index contributed by atoms with van der Waals surface area (Å²) in [5, 5.41) is 32.6. The van der Waals surface area contributed by atoms with Crippen LogP contribution < -0.4 is 24.3 Å². The fraction of sp³-hybridized carbons (Fsp3) is 0.234. The normalized spacial score (nSPS) is 12.0. The number of pyridine rings is 2. The Balaban J connectivity index is 1.18. The number of benzene rings is 4. The van der Waals surface area contributed by atoms with Crippen LogP contribution in [0, 0.1) is 32.1 Å². The van der Waals surface area contributed by atoms with E-state index in [1.54, 1.807) is 48.9 Å². The number of nitrogens with one attached hydrogen (secondary N) is 1. The highest BCUT2D eigenvalue weighted by atomic mass is 35.5. The molecule has 314 valence electrons. The molecule has 2 aromatic heterocycles. The van der Waals surface area contributed by atoms with E-state index in [-0.39, 0.29) is 33.0 Å². The zero-order valence-electron chi connectivity index (χ0n) is 33.9. The lowest BCUT2D eigenvalue weighted by Crippen LogP contribution is -2.52. The third kappa shape index (κ3) is 11.1. The molecule has 0 radical (unpaired) electrons. The summed E-state index contributed by atoms with van der Waals surface area (Å²) in [6.45, 7) is 7.63. The maximum atomic E-state index is 11.9. The van der Waals surface area contributed by atoms with Gasteiger partial charge in [-0.15, -0.1) is 0 Å². The molecule has 4 aromatic carbocycles. The van der Waals surface area contributed by atoms with E-state index in [2.05, 4.69) is 33.5 Å². The molecule has 1 atom stereocenters. The van der Waals surface area contributed by atoms with Gasteiger partial charge in [0.05, 0.1) is 27.2 Å². The predicted octanol–water partition coefficient (Wildman–Crippen LogP) is 10.1. The van der Waals surface area contributed by atoms with Crippen LogP contribution in [0.3, 0.4) is 0 Å². The standard InChI is InChI=1S/C47H43Cl3N4O7/c1-28-11-32(20-52-18-28)23-58-42-15-43(39(48)13-36(42)22-54-47(4,27-55)46(56)57)60-25-34-7-5-9-37(29(34)2)38-10-6-8-35(30(38)3)26-61-45-16-44(40(49)14-41(45)50)59-24-33-12-31(17-51)19-53-21-33/h5-16,18-21,54-55H,22-27H2,1-4H3,(H,56,57). The van der Waals surface area contributed by atoms with E-state index in [0.29, 0.717) is 54.8 Å². The lowest BCUT2D eigenvalue weighted by molar-refractivity contribution is -0.145. The number of aliphatic hydroxyl groups excluding tert-OH is 1. The number of nitrogens with zero attached hydrogens (tertiary/aromatic N) is 3. The molecule has 0 bridgehead atoms. The highest BCUT2D eigenvalue weighted by Gasteiger charge is 2.32. The molecule has 0 aliphatic heterocycles. The van der Waals surface area contributed by atoms with Gasteiger partial charge < -0.3 is 29.2 Å². The molecule has 2 heterocycles. The van der Waals surface area contributed by atoms with E-state index >= 15 is 0 Å². The van der Waals surface area contributed by atoms with E-state index in [9.17, 15) is 20.3 Å². The monoisotopic (exact) mass is 880 g/mol. The minimum Gasteiger partial charge on any atom is -0.488 e. The van der Waals surface area contributed by atoms with E-state index < -0.39 is 18.1 Å². The molecule has 0 amide bonds. The van der Waals surface area contributed by atoms with Crippen LogP contribution in [0.25, 0.3) is 11.1 Å². The Bertz CT molecular complexity index is 2600. The van der Waals surface area contributed by atoms with Gasteiger partial charge in [-0.2, -0.15) is 5.26 Å². The van der Waals surface area contributed by atoms with Crippen LogP contribution in [-0.2, 0) is 37.8 Å². The third-order valence-electron chi connectivity index (χ3n) is 10.2. The number of rotatable bonds is 18. The smallest absolute Gasteiger partial charge is 0.326 e. The van der Waals surface area contributed by atoms with Gasteiger partial charge in [0.1, 0.15) is 61.0 Å². The van der Waals surface area contributed by atoms with Gasteiger partial charge >= 0.3 is 5.97 Å². The Labute approximate surface area is 369 Å². The van der Waals surface area contributed by atoms with Gasteiger partial charge in [0.2, 0.25) is 0 Å². The van der Waals surface area contributed by atoms with Crippen LogP contribution in [0.2, 0.25) is 15.1 Å². The second-order valence-electron chi connectivity index (χ2n) is 14.7. The Morgan fingerprint density at radius 3 is 1.74 bits per heavy atom. The molecule has 0 saturated carbocycles. The van der Waals surface area contributed by atoms with Crippen LogP contribution in [0.15, 0.2) is 97.6 Å². The first-order valence-electron chi connectivity index (χ1n) is 19.1. The molecule has 11 nitrogen and oxygen atoms in total. The number of aromatic nitrogens is 2. The highest BCUT2D eigenvalue weighted by molar-refractivity contribution is 6.36. The molecule has 0 aliphatic carbocycles. The average Bonchev–Trinajstić information content (AvgIpc) is 3.25. The average molecular weight is 882 g/mol. The van der Waals surface area contributed by atoms with Crippen molar-refractivity contribution >= 4 is 40.8 Å². The molecular weight excluding hydrogens is 839 g/mol. The van der Waals surface area contributed by atoms with Crippen molar-refractivity contribution < 1.29 is 34.0 Å². The minimum atomic E-state index is -1.58. The first kappa shape index (κ1) is 44.7. The number of halogens is 3. The van der Waals surface area contributed by atoms with Crippen molar-refractivity contribution in [3.63, 3.8) is 0 Å². The lowest BCUT2D eigenvalue weighted by Gasteiger charge is -2.25. The van der Waals surface area contributed by atoms with Crippen molar-refractivity contribution in [2.75, 3.05) is 6.61 Å². The molecule has 14 heteroatoms. The SMILES string of the molecule is Cc1cncc(COc2cc(OCc3cccc(-c4cccc(COc5cc(OCc6cncc(C#N)c6)c(Cl)cc5Cl)c4C)c3C)c(Cl)cc2CNC(C)(CO)C(=O)O)c1. The van der Waals surface area contributed by atoms with Gasteiger partial charge in [0.25, 0.3) is 0 Å². The Kier molecular flexibility index (Phi) is 14.7. The van der Waals surface area contributed by atoms with Crippen LogP contribution in [-0.4, -0.2) is 38.3 Å². The lowest BCUT2D eigenvalue weighted by atomic mass is 9.92. The molecule has 3 N–H and O–H groups in total. The van der Waals surface area contributed by atoms with Crippen LogP contribution in [0.1, 0.15) is 57.0 Å². The number of carboxylic acid groups (broad SMARTS) is 1. The largest absolute Gasteiger partial charge is 0.488 e. The molecular formula is C47H43Cl3N4O7. The van der Waals surface area contributed by atoms with E-state index in [4.69, 9.17) is 53.8 Å². The molecule has 0 aliphatic rings. The summed E-state index contributed by atoms with van der Waals surface area (Å²) in [6.07, 6.45) is 6.57. The fourth-order valence-electron chi connectivity index (χ4n) is 6.40. The van der Waals surface area contributed by atoms with Gasteiger partial charge in [-0.25, -0.2) is 0 Å². The van der Waals surface area contributed by atoms with E-state index in [1.807, 2.05) is 51.1 Å². The van der Waals surface area contributed by atoms with Gasteiger partial charge in [-0.1, -0.05) is 71.2 Å². The van der Waals surface area contributed by atoms with Gasteiger partial charge in [0, 0.05) is 60.2 Å². The molecule has 0 saturated heterocycles. The topological polar surface area (TPSA) is 156 Å². The second-order valence-corrected chi connectivity index (χ2v) is 15.9. The summed E-state index contributed by atoms with van der Waals surface area (Å²) >= 11 is 19.8. The zero-order valence-corrected chi connectivity index (χ0v) is 36.2. The minimum absolute atomic E-state index is 0.0516. The number of aryl methyl sites for hydroxylation is 1. The Hall–Kier alpha value is -5.87. The zero-order chi connectivity index (χ0) is 43.7. The number of carboxylic acids is 1. The first-order valence-corrected chi connectivity index (χ1v) is 20.3. The quantitative estimate of drug-likeness (QED) is 0.0755. The summed E-state index contributed by atoms with van der Waals surface area (Å²) in [4.78, 5) is 20.2. The van der Waals surface area contributed by atoms with Gasteiger partial charge in [-0.3, -0.25) is 20.1 Å². The van der Waals surface area contributed by atoms with Crippen LogP contribution in [0.5, 0.6) is 23.0 Å². The summed E-state index contributed by atoms with van der Waals surface area (Å²) in [5.41, 5.74) is 7.94. The number of carbonyl (C=O) groups is 1. The van der Waals surface area contributed by atoms with Crippen molar-refractivity contribution in [1.82, 2.24) is 15.3 Å². The molecule has 6 aromatic rings. The molecule has 6 rings (SSSR count). The number of nitriles is 1. The predicted molar refractivity (Wildman–Crippen MR) is 234 cm³/mol. The van der Waals surface area contributed by atoms with Crippen LogP contribution >= 0.6 is 34.8 Å². The Morgan fingerprint density at radius 1 is 0.689 bits per heavy atom. The maximum Gasteiger partial charge on any atom is 0.326 e. The number of ether oxygens (including phenoxy) is 4. The van der Waals surface area contributed by atoms with Crippen molar-refractivity contribution in [3.05, 3.63) is 163 Å².